The Kier molecular flexibility index (Phi) is 5.45. The molecule has 2 N–H and O–H groups in total. The molecule has 0 bridgehead atoms. The number of ether oxygens (including phenoxy) is 1. The van der Waals surface area contributed by atoms with Crippen LogP contribution in [0, 0.1) is 13.8 Å². The average molecular weight is 413 g/mol. The predicted molar refractivity (Wildman–Crippen MR) is 122 cm³/mol. The lowest BCUT2D eigenvalue weighted by atomic mass is 10.1. The second-order valence-electron chi connectivity index (χ2n) is 7.32. The van der Waals surface area contributed by atoms with E-state index in [1.807, 2.05) is 67.1 Å². The summed E-state index contributed by atoms with van der Waals surface area (Å²) in [5, 5.41) is 17.8. The number of benzene rings is 3. The van der Waals surface area contributed by atoms with E-state index < -0.39 is 5.97 Å². The fourth-order valence-electron chi connectivity index (χ4n) is 3.47. The van der Waals surface area contributed by atoms with E-state index in [0.717, 1.165) is 28.1 Å². The van der Waals surface area contributed by atoms with Crippen LogP contribution in [0.5, 0.6) is 5.75 Å². The van der Waals surface area contributed by atoms with E-state index in [2.05, 4.69) is 11.4 Å². The maximum absolute atomic E-state index is 11.8. The molecule has 0 aliphatic carbocycles. The summed E-state index contributed by atoms with van der Waals surface area (Å²) in [4.78, 5) is 11.8. The molecule has 0 unspecified atom stereocenters. The first-order valence-corrected chi connectivity index (χ1v) is 9.88. The first-order chi connectivity index (χ1) is 15.0. The molecular weight excluding hydrogens is 390 g/mol. The van der Waals surface area contributed by atoms with Crippen LogP contribution < -0.4 is 10.1 Å². The normalized spacial score (nSPS) is 10.7. The fourth-order valence-corrected chi connectivity index (χ4v) is 3.47. The summed E-state index contributed by atoms with van der Waals surface area (Å²) in [5.41, 5.74) is 5.46. The van der Waals surface area contributed by atoms with Crippen LogP contribution in [-0.4, -0.2) is 28.0 Å². The van der Waals surface area contributed by atoms with Gasteiger partial charge in [0.1, 0.15) is 11.6 Å². The van der Waals surface area contributed by atoms with E-state index in [1.165, 1.54) is 13.2 Å². The highest BCUT2D eigenvalue weighted by atomic mass is 16.5. The zero-order chi connectivity index (χ0) is 22.0. The number of para-hydroxylation sites is 1. The molecule has 0 radical (unpaired) electrons. The van der Waals surface area contributed by atoms with Gasteiger partial charge in [-0.2, -0.15) is 5.10 Å². The van der Waals surface area contributed by atoms with Crippen LogP contribution in [0.25, 0.3) is 16.9 Å². The zero-order valence-electron chi connectivity index (χ0n) is 17.6. The van der Waals surface area contributed by atoms with Crippen LogP contribution in [0.3, 0.4) is 0 Å². The molecule has 0 saturated heterocycles. The van der Waals surface area contributed by atoms with Gasteiger partial charge in [0, 0.05) is 11.6 Å². The largest absolute Gasteiger partial charge is 0.497 e. The van der Waals surface area contributed by atoms with Crippen LogP contribution in [-0.2, 0) is 0 Å². The smallest absolute Gasteiger partial charge is 0.337 e. The van der Waals surface area contributed by atoms with E-state index in [1.54, 1.807) is 12.1 Å². The lowest BCUT2D eigenvalue weighted by Gasteiger charge is -2.14. The summed E-state index contributed by atoms with van der Waals surface area (Å²) in [6.07, 6.45) is 0. The highest BCUT2D eigenvalue weighted by Crippen LogP contribution is 2.31. The van der Waals surface area contributed by atoms with Crippen LogP contribution in [0.1, 0.15) is 21.5 Å². The SMILES string of the molecule is COc1ccc(Nc2cc(-c3cccc(C)c3)nn2-c2ccccc2C)c(C(=O)O)c1. The Morgan fingerprint density at radius 3 is 2.52 bits per heavy atom. The monoisotopic (exact) mass is 413 g/mol. The molecule has 4 rings (SSSR count). The number of nitrogens with one attached hydrogen (secondary N) is 1. The molecule has 1 aromatic heterocycles. The number of aryl methyl sites for hydroxylation is 2. The van der Waals surface area contributed by atoms with Gasteiger partial charge in [0.05, 0.1) is 29.7 Å². The maximum Gasteiger partial charge on any atom is 0.337 e. The van der Waals surface area contributed by atoms with Gasteiger partial charge in [-0.1, -0.05) is 42.0 Å². The third-order valence-corrected chi connectivity index (χ3v) is 5.09. The maximum atomic E-state index is 11.8. The Bertz CT molecular complexity index is 1260. The van der Waals surface area contributed by atoms with Gasteiger partial charge in [0.25, 0.3) is 0 Å². The molecule has 0 spiro atoms. The van der Waals surface area contributed by atoms with Crippen molar-refractivity contribution in [1.29, 1.82) is 0 Å². The summed E-state index contributed by atoms with van der Waals surface area (Å²) in [5.74, 6) is 0.108. The molecule has 6 heteroatoms. The van der Waals surface area contributed by atoms with Crippen molar-refractivity contribution in [3.05, 3.63) is 89.5 Å². The number of hydrogen-bond acceptors (Lipinski definition) is 4. The summed E-state index contributed by atoms with van der Waals surface area (Å²) in [7, 11) is 1.51. The number of hydrogen-bond donors (Lipinski definition) is 2. The molecule has 0 saturated carbocycles. The Morgan fingerprint density at radius 1 is 1.00 bits per heavy atom. The van der Waals surface area contributed by atoms with Crippen LogP contribution >= 0.6 is 0 Å². The Morgan fingerprint density at radius 2 is 1.81 bits per heavy atom. The number of aromatic carboxylic acids is 1. The molecule has 6 nitrogen and oxygen atoms in total. The fraction of sp³-hybridized carbons (Fsp3) is 0.120. The quantitative estimate of drug-likeness (QED) is 0.430. The molecule has 1 heterocycles. The summed E-state index contributed by atoms with van der Waals surface area (Å²) in [6.45, 7) is 4.06. The van der Waals surface area contributed by atoms with Crippen molar-refractivity contribution in [3.8, 4) is 22.7 Å². The van der Waals surface area contributed by atoms with Crippen LogP contribution in [0.4, 0.5) is 11.5 Å². The van der Waals surface area contributed by atoms with Crippen molar-refractivity contribution in [2.75, 3.05) is 12.4 Å². The topological polar surface area (TPSA) is 76.4 Å². The number of carboxylic acid groups (broad SMARTS) is 1. The Balaban J connectivity index is 1.85. The van der Waals surface area contributed by atoms with Gasteiger partial charge < -0.3 is 15.2 Å². The second kappa shape index (κ2) is 8.36. The first kappa shape index (κ1) is 20.2. The van der Waals surface area contributed by atoms with E-state index >= 15 is 0 Å². The van der Waals surface area contributed by atoms with E-state index in [0.29, 0.717) is 17.3 Å². The molecule has 0 aliphatic heterocycles. The first-order valence-electron chi connectivity index (χ1n) is 9.88. The number of methoxy groups -OCH3 is 1. The number of carboxylic acids is 1. The molecule has 0 amide bonds. The minimum absolute atomic E-state index is 0.119. The second-order valence-corrected chi connectivity index (χ2v) is 7.32. The molecule has 0 fully saturated rings. The number of anilines is 2. The number of rotatable bonds is 6. The van der Waals surface area contributed by atoms with Crippen LogP contribution in [0.2, 0.25) is 0 Å². The zero-order valence-corrected chi connectivity index (χ0v) is 17.6. The van der Waals surface area contributed by atoms with E-state index in [9.17, 15) is 9.90 Å². The predicted octanol–water partition coefficient (Wildman–Crippen LogP) is 5.61. The van der Waals surface area contributed by atoms with Crippen molar-refractivity contribution < 1.29 is 14.6 Å². The van der Waals surface area contributed by atoms with Gasteiger partial charge in [-0.15, -0.1) is 0 Å². The molecule has 4 aromatic rings. The molecular formula is C25H23N3O3. The van der Waals surface area contributed by atoms with Gasteiger partial charge in [-0.05, 0) is 49.7 Å². The standard InChI is InChI=1S/C25H23N3O3/c1-16-7-6-9-18(13-16)22-15-24(28(27-22)23-10-5-4-8-17(23)2)26-21-12-11-19(31-3)14-20(21)25(29)30/h4-15,26H,1-3H3,(H,29,30). The Hall–Kier alpha value is -4.06. The van der Waals surface area contributed by atoms with E-state index in [4.69, 9.17) is 9.84 Å². The molecule has 31 heavy (non-hydrogen) atoms. The summed E-state index contributed by atoms with van der Waals surface area (Å²) >= 11 is 0. The highest BCUT2D eigenvalue weighted by molar-refractivity contribution is 5.95. The molecule has 3 aromatic carbocycles. The average Bonchev–Trinajstić information content (AvgIpc) is 3.18. The Labute approximate surface area is 180 Å². The van der Waals surface area contributed by atoms with Crippen molar-refractivity contribution in [1.82, 2.24) is 9.78 Å². The van der Waals surface area contributed by atoms with Crippen LogP contribution in [0.15, 0.2) is 72.8 Å². The molecule has 0 atom stereocenters. The van der Waals surface area contributed by atoms with Crippen molar-refractivity contribution in [2.45, 2.75) is 13.8 Å². The number of aromatic nitrogens is 2. The minimum atomic E-state index is -1.04. The van der Waals surface area contributed by atoms with Gasteiger partial charge in [0.2, 0.25) is 0 Å². The van der Waals surface area contributed by atoms with Crippen molar-refractivity contribution >= 4 is 17.5 Å². The third-order valence-electron chi connectivity index (χ3n) is 5.09. The van der Waals surface area contributed by atoms with Crippen molar-refractivity contribution in [3.63, 3.8) is 0 Å². The summed E-state index contributed by atoms with van der Waals surface area (Å²) < 4.78 is 6.99. The van der Waals surface area contributed by atoms with Gasteiger partial charge in [-0.25, -0.2) is 9.48 Å². The molecule has 156 valence electrons. The highest BCUT2D eigenvalue weighted by Gasteiger charge is 2.17. The third kappa shape index (κ3) is 4.14. The van der Waals surface area contributed by atoms with E-state index in [-0.39, 0.29) is 5.56 Å². The molecule has 0 aliphatic rings. The number of nitrogens with zero attached hydrogens (tertiary/aromatic N) is 2. The van der Waals surface area contributed by atoms with Gasteiger partial charge in [0.15, 0.2) is 0 Å². The summed E-state index contributed by atoms with van der Waals surface area (Å²) in [6, 6.07) is 22.9. The van der Waals surface area contributed by atoms with Gasteiger partial charge in [-0.3, -0.25) is 0 Å². The lowest BCUT2D eigenvalue weighted by molar-refractivity contribution is 0.0697. The van der Waals surface area contributed by atoms with Crippen molar-refractivity contribution in [2.24, 2.45) is 0 Å². The minimum Gasteiger partial charge on any atom is -0.497 e. The van der Waals surface area contributed by atoms with Gasteiger partial charge >= 0.3 is 5.97 Å². The lowest BCUT2D eigenvalue weighted by Crippen LogP contribution is -2.07. The number of carbonyl (C=O) groups is 1.